The van der Waals surface area contributed by atoms with Gasteiger partial charge in [-0.1, -0.05) is 0 Å². The zero-order chi connectivity index (χ0) is 10.5. The fourth-order valence-electron chi connectivity index (χ4n) is 0.501. The van der Waals surface area contributed by atoms with E-state index in [9.17, 15) is 13.2 Å². The quantitative estimate of drug-likeness (QED) is 0.382. The minimum absolute atomic E-state index is 0.397. The number of hydrogen-bond donors (Lipinski definition) is 4. The number of rotatable bonds is 6. The third kappa shape index (κ3) is 6.46. The number of carboxylic acids is 1. The van der Waals surface area contributed by atoms with Crippen LogP contribution in [0.1, 0.15) is 0 Å². The van der Waals surface area contributed by atoms with Gasteiger partial charge in [-0.05, 0) is 0 Å². The summed E-state index contributed by atoms with van der Waals surface area (Å²) in [7, 11) is -3.91. The number of nitrogens with one attached hydrogen (secondary N) is 1. The zero-order valence-corrected chi connectivity index (χ0v) is 7.49. The first kappa shape index (κ1) is 12.3. The van der Waals surface area contributed by atoms with Gasteiger partial charge < -0.3 is 15.3 Å². The molecule has 0 aliphatic heterocycles. The zero-order valence-electron chi connectivity index (χ0n) is 6.67. The topological polar surface area (TPSA) is 124 Å². The molecule has 0 aromatic heterocycles. The maximum Gasteiger partial charge on any atom is 0.320 e. The van der Waals surface area contributed by atoms with E-state index in [0.717, 1.165) is 0 Å². The first-order valence-electron chi connectivity index (χ1n) is 3.35. The highest BCUT2D eigenvalue weighted by molar-refractivity contribution is 7.90. The summed E-state index contributed by atoms with van der Waals surface area (Å²) in [5, 5.41) is 25.2. The molecule has 0 heterocycles. The van der Waals surface area contributed by atoms with Crippen LogP contribution in [0.2, 0.25) is 0 Å². The van der Waals surface area contributed by atoms with Crippen LogP contribution in [0.15, 0.2) is 0 Å². The lowest BCUT2D eigenvalue weighted by Gasteiger charge is -2.07. The highest BCUT2D eigenvalue weighted by Gasteiger charge is 2.16. The second-order valence-electron chi connectivity index (χ2n) is 2.34. The van der Waals surface area contributed by atoms with Crippen LogP contribution >= 0.6 is 0 Å². The lowest BCUT2D eigenvalue weighted by Crippen LogP contribution is -2.36. The van der Waals surface area contributed by atoms with E-state index in [1.807, 2.05) is 4.72 Å². The Kier molecular flexibility index (Phi) is 4.85. The second-order valence-corrected chi connectivity index (χ2v) is 4.14. The summed E-state index contributed by atoms with van der Waals surface area (Å²) >= 11 is 0. The minimum Gasteiger partial charge on any atom is -0.480 e. The molecule has 0 rings (SSSR count). The molecule has 0 radical (unpaired) electrons. The summed E-state index contributed by atoms with van der Waals surface area (Å²) in [6.07, 6.45) is -1.22. The second kappa shape index (κ2) is 5.12. The molecule has 0 amide bonds. The molecule has 7 nitrogen and oxygen atoms in total. The molecule has 0 fully saturated rings. The number of aliphatic hydroxyl groups excluding tert-OH is 2. The molecule has 0 saturated carbocycles. The largest absolute Gasteiger partial charge is 0.480 e. The molecule has 0 spiro atoms. The summed E-state index contributed by atoms with van der Waals surface area (Å²) in [6.45, 7) is -0.984. The molecule has 13 heavy (non-hydrogen) atoms. The third-order valence-corrected chi connectivity index (χ3v) is 2.30. The predicted octanol–water partition coefficient (Wildman–Crippen LogP) is -2.66. The summed E-state index contributed by atoms with van der Waals surface area (Å²) < 4.78 is 23.4. The minimum atomic E-state index is -3.91. The molecule has 8 heteroatoms. The summed E-state index contributed by atoms with van der Waals surface area (Å²) in [6, 6.07) is 0. The number of aliphatic hydroxyl groups is 2. The number of carboxylic acid groups (broad SMARTS) is 1. The van der Waals surface area contributed by atoms with E-state index in [1.54, 1.807) is 0 Å². The molecule has 0 aliphatic rings. The van der Waals surface area contributed by atoms with Crippen molar-refractivity contribution in [1.82, 2.24) is 4.72 Å². The molecule has 4 N–H and O–H groups in total. The summed E-state index contributed by atoms with van der Waals surface area (Å²) in [4.78, 5) is 10.00. The maximum absolute atomic E-state index is 10.8. The van der Waals surface area contributed by atoms with E-state index in [0.29, 0.717) is 0 Å². The van der Waals surface area contributed by atoms with Crippen LogP contribution in [-0.2, 0) is 14.8 Å². The van der Waals surface area contributed by atoms with Crippen LogP contribution in [-0.4, -0.2) is 54.7 Å². The van der Waals surface area contributed by atoms with Gasteiger partial charge in [-0.15, -0.1) is 0 Å². The van der Waals surface area contributed by atoms with Crippen molar-refractivity contribution in [2.24, 2.45) is 0 Å². The van der Waals surface area contributed by atoms with Gasteiger partial charge >= 0.3 is 5.97 Å². The van der Waals surface area contributed by atoms with E-state index < -0.39 is 41.0 Å². The van der Waals surface area contributed by atoms with Crippen molar-refractivity contribution in [3.8, 4) is 0 Å². The molecule has 0 aromatic carbocycles. The summed E-state index contributed by atoms with van der Waals surface area (Å²) in [5.74, 6) is -2.53. The van der Waals surface area contributed by atoms with Gasteiger partial charge in [-0.2, -0.15) is 0 Å². The average molecular weight is 213 g/mol. The van der Waals surface area contributed by atoms with Crippen molar-refractivity contribution < 1.29 is 28.5 Å². The smallest absolute Gasteiger partial charge is 0.320 e. The number of aliphatic carboxylic acids is 1. The van der Waals surface area contributed by atoms with Crippen molar-refractivity contribution in [2.45, 2.75) is 6.10 Å². The Labute approximate surface area is 75.1 Å². The Morgan fingerprint density at radius 2 is 2.00 bits per heavy atom. The molecule has 0 aromatic rings. The maximum atomic E-state index is 10.8. The molecule has 1 unspecified atom stereocenters. The standard InChI is InChI=1S/C5H11NO6S/c7-2-4(8)1-6-13(11,12)3-5(9)10/h4,6-8H,1-3H2,(H,9,10). The van der Waals surface area contributed by atoms with Crippen molar-refractivity contribution in [1.29, 1.82) is 0 Å². The van der Waals surface area contributed by atoms with Crippen LogP contribution in [0.25, 0.3) is 0 Å². The number of hydrogen-bond acceptors (Lipinski definition) is 5. The third-order valence-electron chi connectivity index (χ3n) is 1.06. The van der Waals surface area contributed by atoms with Gasteiger partial charge in [0.25, 0.3) is 0 Å². The van der Waals surface area contributed by atoms with Gasteiger partial charge in [0.1, 0.15) is 0 Å². The Morgan fingerprint density at radius 3 is 2.38 bits per heavy atom. The van der Waals surface area contributed by atoms with E-state index in [-0.39, 0.29) is 0 Å². The van der Waals surface area contributed by atoms with Crippen LogP contribution in [0.3, 0.4) is 0 Å². The van der Waals surface area contributed by atoms with Crippen molar-refractivity contribution in [3.63, 3.8) is 0 Å². The lowest BCUT2D eigenvalue weighted by atomic mass is 10.4. The van der Waals surface area contributed by atoms with E-state index >= 15 is 0 Å². The van der Waals surface area contributed by atoms with Gasteiger partial charge in [0.15, 0.2) is 5.75 Å². The average Bonchev–Trinajstić information content (AvgIpc) is 1.98. The van der Waals surface area contributed by atoms with Gasteiger partial charge in [0.2, 0.25) is 10.0 Å². The van der Waals surface area contributed by atoms with Crippen molar-refractivity contribution >= 4 is 16.0 Å². The number of sulfonamides is 1. The summed E-state index contributed by atoms with van der Waals surface area (Å²) in [5.41, 5.74) is 0. The highest BCUT2D eigenvalue weighted by Crippen LogP contribution is 1.85. The molecular formula is C5H11NO6S. The van der Waals surface area contributed by atoms with Crippen molar-refractivity contribution in [3.05, 3.63) is 0 Å². The first-order valence-corrected chi connectivity index (χ1v) is 5.00. The fourth-order valence-corrected chi connectivity index (χ4v) is 1.37. The van der Waals surface area contributed by atoms with E-state index in [2.05, 4.69) is 0 Å². The Morgan fingerprint density at radius 1 is 1.46 bits per heavy atom. The van der Waals surface area contributed by atoms with Crippen molar-refractivity contribution in [2.75, 3.05) is 18.9 Å². The highest BCUT2D eigenvalue weighted by atomic mass is 32.2. The predicted molar refractivity (Wildman–Crippen MR) is 42.5 cm³/mol. The number of carbonyl (C=O) groups is 1. The SMILES string of the molecule is O=C(O)CS(=O)(=O)NCC(O)CO. The normalized spacial score (nSPS) is 14.0. The first-order chi connectivity index (χ1) is 5.87. The molecule has 0 bridgehead atoms. The molecule has 0 aliphatic carbocycles. The van der Waals surface area contributed by atoms with Crippen LogP contribution in [0, 0.1) is 0 Å². The van der Waals surface area contributed by atoms with Gasteiger partial charge in [0, 0.05) is 6.54 Å². The lowest BCUT2D eigenvalue weighted by molar-refractivity contribution is -0.134. The molecule has 78 valence electrons. The fraction of sp³-hybridized carbons (Fsp3) is 0.800. The molecule has 0 saturated heterocycles. The van der Waals surface area contributed by atoms with Crippen LogP contribution in [0.4, 0.5) is 0 Å². The van der Waals surface area contributed by atoms with Gasteiger partial charge in [-0.3, -0.25) is 4.79 Å². The van der Waals surface area contributed by atoms with Crippen LogP contribution in [0.5, 0.6) is 0 Å². The Bertz CT molecular complexity index is 260. The Balaban J connectivity index is 3.97. The van der Waals surface area contributed by atoms with E-state index in [1.165, 1.54) is 0 Å². The van der Waals surface area contributed by atoms with Gasteiger partial charge in [-0.25, -0.2) is 13.1 Å². The van der Waals surface area contributed by atoms with Gasteiger partial charge in [0.05, 0.1) is 12.7 Å². The molecule has 1 atom stereocenters. The van der Waals surface area contributed by atoms with E-state index in [4.69, 9.17) is 15.3 Å². The monoisotopic (exact) mass is 213 g/mol. The van der Waals surface area contributed by atoms with Crippen LogP contribution < -0.4 is 4.72 Å². The molecular weight excluding hydrogens is 202 g/mol. The Hall–Kier alpha value is -0.700.